The fourth-order valence-corrected chi connectivity index (χ4v) is 3.66. The third kappa shape index (κ3) is 5.30. The molecule has 1 aromatic heterocycles. The zero-order chi connectivity index (χ0) is 24.1. The van der Waals surface area contributed by atoms with Gasteiger partial charge in [-0.1, -0.05) is 18.2 Å². The van der Waals surface area contributed by atoms with Crippen LogP contribution in [0.1, 0.15) is 46.6 Å². The largest absolute Gasteiger partial charge is 0.367 e. The van der Waals surface area contributed by atoms with Gasteiger partial charge in [-0.15, -0.1) is 0 Å². The second-order valence-electron chi connectivity index (χ2n) is 7.60. The van der Waals surface area contributed by atoms with Crippen molar-refractivity contribution >= 4 is 23.7 Å². The summed E-state index contributed by atoms with van der Waals surface area (Å²) in [6.45, 7) is 3.09. The third-order valence-corrected chi connectivity index (χ3v) is 5.44. The van der Waals surface area contributed by atoms with Crippen molar-refractivity contribution in [3.63, 3.8) is 0 Å². The van der Waals surface area contributed by atoms with Crippen LogP contribution in [-0.2, 0) is 4.79 Å². The van der Waals surface area contributed by atoms with E-state index < -0.39 is 29.8 Å². The molecule has 11 heteroatoms. The Bertz CT molecular complexity index is 1050. The van der Waals surface area contributed by atoms with Crippen molar-refractivity contribution in [1.82, 2.24) is 20.9 Å². The molecule has 1 fully saturated rings. The summed E-state index contributed by atoms with van der Waals surface area (Å²) >= 11 is 0. The van der Waals surface area contributed by atoms with E-state index in [4.69, 9.17) is 5.41 Å². The summed E-state index contributed by atoms with van der Waals surface area (Å²) < 4.78 is 40.7. The molecule has 176 valence electrons. The van der Waals surface area contributed by atoms with E-state index in [1.807, 2.05) is 4.90 Å². The van der Waals surface area contributed by atoms with Gasteiger partial charge in [-0.25, -0.2) is 18.2 Å². The number of carbonyl (C=O) groups excluding carboxylic acids is 2. The maximum atomic E-state index is 14.6. The maximum absolute atomic E-state index is 14.6. The zero-order valence-corrected chi connectivity index (χ0v) is 18.2. The third-order valence-electron chi connectivity index (χ3n) is 5.44. The Hall–Kier alpha value is -3.47. The van der Waals surface area contributed by atoms with Gasteiger partial charge >= 0.3 is 0 Å². The van der Waals surface area contributed by atoms with Gasteiger partial charge in [0, 0.05) is 37.8 Å². The number of halogens is 3. The first kappa shape index (κ1) is 24.2. The van der Waals surface area contributed by atoms with Crippen LogP contribution >= 0.6 is 0 Å². The lowest BCUT2D eigenvalue weighted by molar-refractivity contribution is -0.109. The van der Waals surface area contributed by atoms with Crippen molar-refractivity contribution < 1.29 is 22.8 Å². The van der Waals surface area contributed by atoms with Crippen molar-refractivity contribution in [2.24, 2.45) is 0 Å². The van der Waals surface area contributed by atoms with Gasteiger partial charge in [0.05, 0.1) is 29.5 Å². The molecule has 0 spiro atoms. The monoisotopic (exact) mass is 462 g/mol. The molecule has 1 saturated heterocycles. The van der Waals surface area contributed by atoms with Gasteiger partial charge in [-0.2, -0.15) is 0 Å². The van der Waals surface area contributed by atoms with E-state index in [0.717, 1.165) is 12.4 Å². The molecule has 1 aliphatic heterocycles. The fraction of sp³-hybridized carbons (Fsp3) is 0.364. The van der Waals surface area contributed by atoms with Crippen molar-refractivity contribution in [1.29, 1.82) is 5.41 Å². The molecule has 1 unspecified atom stereocenters. The molecule has 2 heterocycles. The van der Waals surface area contributed by atoms with Crippen LogP contribution in [0, 0.1) is 11.2 Å². The average molecular weight is 462 g/mol. The number of alkyl halides is 2. The smallest absolute Gasteiger partial charge is 0.270 e. The molecular formula is C22H25F3N6O2. The lowest BCUT2D eigenvalue weighted by atomic mass is 10.0. The van der Waals surface area contributed by atoms with Crippen LogP contribution in [0.4, 0.5) is 18.9 Å². The molecule has 2 atom stereocenters. The molecule has 1 aliphatic rings. The number of rotatable bonds is 7. The van der Waals surface area contributed by atoms with Crippen LogP contribution in [0.25, 0.3) is 0 Å². The number of piperazine rings is 1. The van der Waals surface area contributed by atoms with Crippen LogP contribution in [0.2, 0.25) is 0 Å². The van der Waals surface area contributed by atoms with Gasteiger partial charge in [-0.05, 0) is 13.0 Å². The van der Waals surface area contributed by atoms with Crippen LogP contribution in [-0.4, -0.2) is 55.7 Å². The highest BCUT2D eigenvalue weighted by molar-refractivity contribution is 6.07. The molecule has 33 heavy (non-hydrogen) atoms. The van der Waals surface area contributed by atoms with E-state index in [2.05, 4.69) is 20.9 Å². The standard InChI is InChI=1S/C22H25F3N6O2/c1-12(15-4-3-5-16(18(15)23)20(24)25)30-21(26)17-8-14(9-29-19(17)22(33)27-2)31-7-6-28-13(10-31)11-32/h3-5,8-9,11-13,20,28H,6-7,10H2,1-2H3,(H2,26,30)(H,27,33)/t12-,13?/m1/s1. The molecule has 8 nitrogen and oxygen atoms in total. The molecule has 1 amide bonds. The Labute approximate surface area is 189 Å². The minimum atomic E-state index is -2.97. The second kappa shape index (κ2) is 10.4. The van der Waals surface area contributed by atoms with Gasteiger partial charge in [0.15, 0.2) is 0 Å². The lowest BCUT2D eigenvalue weighted by Gasteiger charge is -2.33. The minimum Gasteiger partial charge on any atom is -0.367 e. The van der Waals surface area contributed by atoms with E-state index in [-0.39, 0.29) is 28.7 Å². The van der Waals surface area contributed by atoms with Crippen molar-refractivity contribution in [3.8, 4) is 0 Å². The second-order valence-corrected chi connectivity index (χ2v) is 7.60. The summed E-state index contributed by atoms with van der Waals surface area (Å²) in [6, 6.07) is 4.10. The van der Waals surface area contributed by atoms with Crippen LogP contribution < -0.4 is 20.9 Å². The van der Waals surface area contributed by atoms with Crippen molar-refractivity contribution in [2.45, 2.75) is 25.4 Å². The van der Waals surface area contributed by atoms with Crippen molar-refractivity contribution in [2.75, 3.05) is 31.6 Å². The molecular weight excluding hydrogens is 437 g/mol. The van der Waals surface area contributed by atoms with Crippen LogP contribution in [0.5, 0.6) is 0 Å². The molecule has 2 aromatic rings. The molecule has 0 bridgehead atoms. The summed E-state index contributed by atoms with van der Waals surface area (Å²) in [5.41, 5.74) is 0.00105. The Kier molecular flexibility index (Phi) is 7.64. The SMILES string of the molecule is CNC(=O)c1ncc(N2CCNC(C=O)C2)cc1C(=N)N[C@H](C)c1cccc(C(F)F)c1F. The van der Waals surface area contributed by atoms with E-state index in [0.29, 0.717) is 25.3 Å². The van der Waals surface area contributed by atoms with E-state index in [1.165, 1.54) is 32.3 Å². The van der Waals surface area contributed by atoms with Gasteiger partial charge < -0.3 is 25.6 Å². The summed E-state index contributed by atoms with van der Waals surface area (Å²) in [6.07, 6.45) is -0.664. The Morgan fingerprint density at radius 3 is 2.76 bits per heavy atom. The molecule has 0 aliphatic carbocycles. The van der Waals surface area contributed by atoms with Crippen LogP contribution in [0.15, 0.2) is 30.5 Å². The summed E-state index contributed by atoms with van der Waals surface area (Å²) in [5.74, 6) is -1.79. The predicted octanol–water partition coefficient (Wildman–Crippen LogP) is 2.17. The normalized spacial score (nSPS) is 16.9. The number of aldehydes is 1. The number of anilines is 1. The summed E-state index contributed by atoms with van der Waals surface area (Å²) in [5, 5.41) is 16.8. The molecule has 1 aromatic carbocycles. The lowest BCUT2D eigenvalue weighted by Crippen LogP contribution is -2.51. The van der Waals surface area contributed by atoms with Gasteiger partial charge in [0.2, 0.25) is 0 Å². The number of benzene rings is 1. The highest BCUT2D eigenvalue weighted by Crippen LogP contribution is 2.27. The number of carbonyl (C=O) groups is 2. The fourth-order valence-electron chi connectivity index (χ4n) is 3.66. The van der Waals surface area contributed by atoms with Crippen molar-refractivity contribution in [3.05, 3.63) is 58.7 Å². The topological polar surface area (TPSA) is 110 Å². The summed E-state index contributed by atoms with van der Waals surface area (Å²) in [7, 11) is 1.43. The average Bonchev–Trinajstić information content (AvgIpc) is 2.82. The number of nitrogens with one attached hydrogen (secondary N) is 4. The molecule has 0 radical (unpaired) electrons. The Morgan fingerprint density at radius 2 is 2.09 bits per heavy atom. The van der Waals surface area contributed by atoms with E-state index in [9.17, 15) is 22.8 Å². The predicted molar refractivity (Wildman–Crippen MR) is 117 cm³/mol. The number of aromatic nitrogens is 1. The number of pyridine rings is 1. The Morgan fingerprint density at radius 1 is 1.36 bits per heavy atom. The number of amides is 1. The van der Waals surface area contributed by atoms with Gasteiger partial charge in [0.1, 0.15) is 23.6 Å². The van der Waals surface area contributed by atoms with Gasteiger partial charge in [-0.3, -0.25) is 10.2 Å². The first-order valence-corrected chi connectivity index (χ1v) is 10.3. The minimum absolute atomic E-state index is 0.0187. The zero-order valence-electron chi connectivity index (χ0n) is 18.2. The van der Waals surface area contributed by atoms with E-state index >= 15 is 0 Å². The quantitative estimate of drug-likeness (QED) is 0.285. The molecule has 0 saturated carbocycles. The maximum Gasteiger partial charge on any atom is 0.270 e. The number of hydrogen-bond acceptors (Lipinski definition) is 6. The van der Waals surface area contributed by atoms with E-state index in [1.54, 1.807) is 6.07 Å². The number of hydrogen-bond donors (Lipinski definition) is 4. The Balaban J connectivity index is 1.91. The summed E-state index contributed by atoms with van der Waals surface area (Å²) in [4.78, 5) is 29.6. The first-order valence-electron chi connectivity index (χ1n) is 10.3. The number of amidine groups is 1. The highest BCUT2D eigenvalue weighted by Gasteiger charge is 2.24. The highest BCUT2D eigenvalue weighted by atomic mass is 19.3. The molecule has 4 N–H and O–H groups in total. The van der Waals surface area contributed by atoms with Crippen LogP contribution in [0.3, 0.4) is 0 Å². The number of nitrogens with zero attached hydrogens (tertiary/aromatic N) is 2. The first-order chi connectivity index (χ1) is 15.8. The van der Waals surface area contributed by atoms with Gasteiger partial charge in [0.25, 0.3) is 12.3 Å². The molecule has 3 rings (SSSR count).